The molecule has 2 bridgehead atoms. The van der Waals surface area contributed by atoms with Gasteiger partial charge in [0.25, 0.3) is 5.91 Å². The van der Waals surface area contributed by atoms with E-state index in [4.69, 9.17) is 4.74 Å². The standard InChI is InChI=1S/C20H27N3O3/c24-19(12-13-10-16-7-8-17(11-13)21-16)22-14-3-5-15(6-4-14)23-20(25)18-2-1-9-26-18/h3-6,13,16-18,21H,1-2,7-12H2,(H,22,24)(H,23,25). The first-order chi connectivity index (χ1) is 12.7. The number of benzene rings is 1. The highest BCUT2D eigenvalue weighted by Gasteiger charge is 2.34. The summed E-state index contributed by atoms with van der Waals surface area (Å²) in [5.41, 5.74) is 1.49. The second kappa shape index (κ2) is 7.76. The minimum Gasteiger partial charge on any atom is -0.368 e. The van der Waals surface area contributed by atoms with Gasteiger partial charge in [-0.15, -0.1) is 0 Å². The fourth-order valence-corrected chi connectivity index (χ4v) is 4.46. The Morgan fingerprint density at radius 1 is 1.00 bits per heavy atom. The molecule has 0 radical (unpaired) electrons. The van der Waals surface area contributed by atoms with E-state index >= 15 is 0 Å². The van der Waals surface area contributed by atoms with Crippen LogP contribution in [0.4, 0.5) is 11.4 Å². The van der Waals surface area contributed by atoms with E-state index in [2.05, 4.69) is 16.0 Å². The van der Waals surface area contributed by atoms with Crippen molar-refractivity contribution in [1.29, 1.82) is 0 Å². The molecule has 1 aromatic carbocycles. The lowest BCUT2D eigenvalue weighted by atomic mass is 9.89. The van der Waals surface area contributed by atoms with Gasteiger partial charge in [0, 0.05) is 36.5 Å². The summed E-state index contributed by atoms with van der Waals surface area (Å²) in [5, 5.41) is 9.45. The van der Waals surface area contributed by atoms with Crippen molar-refractivity contribution >= 4 is 23.2 Å². The molecule has 2 amide bonds. The smallest absolute Gasteiger partial charge is 0.253 e. The van der Waals surface area contributed by atoms with E-state index in [0.717, 1.165) is 37.1 Å². The number of rotatable bonds is 5. The Balaban J connectivity index is 1.25. The van der Waals surface area contributed by atoms with E-state index in [9.17, 15) is 9.59 Å². The summed E-state index contributed by atoms with van der Waals surface area (Å²) in [4.78, 5) is 24.4. The Labute approximate surface area is 154 Å². The predicted molar refractivity (Wildman–Crippen MR) is 100.0 cm³/mol. The van der Waals surface area contributed by atoms with Gasteiger partial charge < -0.3 is 20.7 Å². The average molecular weight is 357 g/mol. The summed E-state index contributed by atoms with van der Waals surface area (Å²) in [7, 11) is 0. The van der Waals surface area contributed by atoms with Crippen molar-refractivity contribution in [3.63, 3.8) is 0 Å². The highest BCUT2D eigenvalue weighted by molar-refractivity contribution is 5.95. The Bertz CT molecular complexity index is 643. The number of carbonyl (C=O) groups is 2. The molecule has 3 atom stereocenters. The van der Waals surface area contributed by atoms with Crippen molar-refractivity contribution in [2.75, 3.05) is 17.2 Å². The molecule has 26 heavy (non-hydrogen) atoms. The average Bonchev–Trinajstić information content (AvgIpc) is 3.26. The van der Waals surface area contributed by atoms with Crippen LogP contribution in [0.2, 0.25) is 0 Å². The van der Waals surface area contributed by atoms with Crippen LogP contribution in [-0.4, -0.2) is 36.6 Å². The van der Waals surface area contributed by atoms with Gasteiger partial charge in [-0.2, -0.15) is 0 Å². The van der Waals surface area contributed by atoms with Crippen LogP contribution in [0, 0.1) is 5.92 Å². The molecule has 3 N–H and O–H groups in total. The van der Waals surface area contributed by atoms with Crippen molar-refractivity contribution in [3.05, 3.63) is 24.3 Å². The van der Waals surface area contributed by atoms with Crippen molar-refractivity contribution in [2.24, 2.45) is 5.92 Å². The number of hydrogen-bond donors (Lipinski definition) is 3. The number of ether oxygens (including phenoxy) is 1. The molecule has 1 aromatic rings. The number of anilines is 2. The maximum atomic E-state index is 12.3. The number of hydrogen-bond acceptors (Lipinski definition) is 4. The molecule has 0 aromatic heterocycles. The summed E-state index contributed by atoms with van der Waals surface area (Å²) in [6.45, 7) is 0.654. The molecule has 0 aliphatic carbocycles. The maximum absolute atomic E-state index is 12.3. The molecular formula is C20H27N3O3. The number of fused-ring (bicyclic) bond motifs is 2. The summed E-state index contributed by atoms with van der Waals surface area (Å²) in [6, 6.07) is 8.50. The summed E-state index contributed by atoms with van der Waals surface area (Å²) in [5.74, 6) is 0.464. The molecule has 140 valence electrons. The van der Waals surface area contributed by atoms with Crippen molar-refractivity contribution in [2.45, 2.75) is 63.1 Å². The predicted octanol–water partition coefficient (Wildman–Crippen LogP) is 2.66. The SMILES string of the molecule is O=C(CC1CC2CCC(C1)N2)Nc1ccc(NC(=O)C2CCCO2)cc1. The highest BCUT2D eigenvalue weighted by Crippen LogP contribution is 2.32. The number of carbonyl (C=O) groups excluding carboxylic acids is 2. The van der Waals surface area contributed by atoms with E-state index in [1.54, 1.807) is 0 Å². The zero-order valence-electron chi connectivity index (χ0n) is 15.0. The van der Waals surface area contributed by atoms with Crippen molar-refractivity contribution in [3.8, 4) is 0 Å². The van der Waals surface area contributed by atoms with Crippen LogP contribution >= 0.6 is 0 Å². The molecule has 3 aliphatic rings. The van der Waals surface area contributed by atoms with Gasteiger partial charge in [-0.25, -0.2) is 0 Å². The molecule has 0 spiro atoms. The van der Waals surface area contributed by atoms with Crippen molar-refractivity contribution in [1.82, 2.24) is 5.32 Å². The first kappa shape index (κ1) is 17.5. The third-order valence-electron chi connectivity index (χ3n) is 5.70. The molecular weight excluding hydrogens is 330 g/mol. The van der Waals surface area contributed by atoms with Crippen LogP contribution in [0.1, 0.15) is 44.9 Å². The van der Waals surface area contributed by atoms with Gasteiger partial charge in [0.1, 0.15) is 6.10 Å². The molecule has 6 heteroatoms. The monoisotopic (exact) mass is 357 g/mol. The van der Waals surface area contributed by atoms with Gasteiger partial charge in [0.05, 0.1) is 0 Å². The van der Waals surface area contributed by atoms with Gasteiger partial charge in [0.2, 0.25) is 5.91 Å². The van der Waals surface area contributed by atoms with Gasteiger partial charge >= 0.3 is 0 Å². The molecule has 3 aliphatic heterocycles. The van der Waals surface area contributed by atoms with Crippen LogP contribution in [0.5, 0.6) is 0 Å². The zero-order valence-corrected chi connectivity index (χ0v) is 15.0. The zero-order chi connectivity index (χ0) is 17.9. The van der Waals surface area contributed by atoms with Crippen molar-refractivity contribution < 1.29 is 14.3 Å². The van der Waals surface area contributed by atoms with E-state index in [0.29, 0.717) is 31.0 Å². The number of piperidine rings is 1. The largest absolute Gasteiger partial charge is 0.368 e. The van der Waals surface area contributed by atoms with Gasteiger partial charge in [-0.3, -0.25) is 9.59 Å². The Hall–Kier alpha value is -1.92. The minimum atomic E-state index is -0.338. The lowest BCUT2D eigenvalue weighted by Crippen LogP contribution is -2.39. The molecule has 0 saturated carbocycles. The summed E-state index contributed by atoms with van der Waals surface area (Å²) < 4.78 is 5.38. The Morgan fingerprint density at radius 3 is 2.27 bits per heavy atom. The fourth-order valence-electron chi connectivity index (χ4n) is 4.46. The topological polar surface area (TPSA) is 79.5 Å². The second-order valence-electron chi connectivity index (χ2n) is 7.80. The molecule has 3 heterocycles. The lowest BCUT2D eigenvalue weighted by molar-refractivity contribution is -0.124. The lowest BCUT2D eigenvalue weighted by Gasteiger charge is -2.28. The minimum absolute atomic E-state index is 0.0763. The Kier molecular flexibility index (Phi) is 5.22. The third kappa shape index (κ3) is 4.24. The number of amides is 2. The Morgan fingerprint density at radius 2 is 1.65 bits per heavy atom. The van der Waals surface area contributed by atoms with E-state index in [1.807, 2.05) is 24.3 Å². The van der Waals surface area contributed by atoms with Gasteiger partial charge in [-0.1, -0.05) is 0 Å². The first-order valence-corrected chi connectivity index (χ1v) is 9.74. The maximum Gasteiger partial charge on any atom is 0.253 e. The van der Waals surface area contributed by atoms with Crippen LogP contribution in [0.3, 0.4) is 0 Å². The van der Waals surface area contributed by atoms with E-state index in [1.165, 1.54) is 12.8 Å². The molecule has 3 saturated heterocycles. The van der Waals surface area contributed by atoms with Crippen LogP contribution in [0.25, 0.3) is 0 Å². The fraction of sp³-hybridized carbons (Fsp3) is 0.600. The molecule has 6 nitrogen and oxygen atoms in total. The number of nitrogens with one attached hydrogen (secondary N) is 3. The van der Waals surface area contributed by atoms with Gasteiger partial charge in [-0.05, 0) is 68.7 Å². The molecule has 4 rings (SSSR count). The quantitative estimate of drug-likeness (QED) is 0.757. The summed E-state index contributed by atoms with van der Waals surface area (Å²) >= 11 is 0. The van der Waals surface area contributed by atoms with Crippen LogP contribution in [-0.2, 0) is 14.3 Å². The second-order valence-corrected chi connectivity index (χ2v) is 7.80. The van der Waals surface area contributed by atoms with Crippen LogP contribution < -0.4 is 16.0 Å². The summed E-state index contributed by atoms with van der Waals surface area (Å²) in [6.07, 6.45) is 6.68. The van der Waals surface area contributed by atoms with E-state index < -0.39 is 0 Å². The normalized spacial score (nSPS) is 30.2. The van der Waals surface area contributed by atoms with E-state index in [-0.39, 0.29) is 17.9 Å². The van der Waals surface area contributed by atoms with Crippen LogP contribution in [0.15, 0.2) is 24.3 Å². The first-order valence-electron chi connectivity index (χ1n) is 9.74. The highest BCUT2D eigenvalue weighted by atomic mass is 16.5. The van der Waals surface area contributed by atoms with Gasteiger partial charge in [0.15, 0.2) is 0 Å². The molecule has 3 fully saturated rings. The molecule has 3 unspecified atom stereocenters. The third-order valence-corrected chi connectivity index (χ3v) is 5.70.